The topological polar surface area (TPSA) is 73.8 Å². The third kappa shape index (κ3) is 1.97. The highest BCUT2D eigenvalue weighted by Gasteiger charge is 2.60. The van der Waals surface area contributed by atoms with E-state index in [9.17, 15) is 0 Å². The Kier molecular flexibility index (Phi) is 2.75. The van der Waals surface area contributed by atoms with Crippen LogP contribution in [0, 0.1) is 0 Å². The molecule has 3 N–H and O–H groups in total. The molecule has 0 aromatic rings. The van der Waals surface area contributed by atoms with E-state index < -0.39 is 17.9 Å². The molecule has 18 heavy (non-hydrogen) atoms. The van der Waals surface area contributed by atoms with Crippen molar-refractivity contribution in [1.82, 2.24) is 0 Å². The van der Waals surface area contributed by atoms with Gasteiger partial charge in [0.15, 0.2) is 17.9 Å². The van der Waals surface area contributed by atoms with Crippen molar-refractivity contribution in [2.75, 3.05) is 6.54 Å². The average molecular weight is 260 g/mol. The molecular formula is C12H22NO5+. The van der Waals surface area contributed by atoms with Crippen LogP contribution in [0.15, 0.2) is 0 Å². The summed E-state index contributed by atoms with van der Waals surface area (Å²) in [4.78, 5) is 0. The molecule has 0 amide bonds. The lowest BCUT2D eigenvalue weighted by atomic mass is 9.99. The first-order chi connectivity index (χ1) is 8.31. The Labute approximate surface area is 107 Å². The number of hydrogen-bond acceptors (Lipinski definition) is 5. The van der Waals surface area contributed by atoms with Crippen LogP contribution < -0.4 is 5.73 Å². The molecule has 3 aliphatic heterocycles. The predicted molar refractivity (Wildman–Crippen MR) is 60.3 cm³/mol. The molecule has 104 valence electrons. The van der Waals surface area contributed by atoms with Crippen molar-refractivity contribution >= 4 is 0 Å². The van der Waals surface area contributed by atoms with Crippen molar-refractivity contribution in [2.24, 2.45) is 0 Å². The van der Waals surface area contributed by atoms with Crippen LogP contribution in [0.2, 0.25) is 0 Å². The minimum absolute atomic E-state index is 0.115. The van der Waals surface area contributed by atoms with Crippen LogP contribution in [-0.4, -0.2) is 48.8 Å². The van der Waals surface area contributed by atoms with Gasteiger partial charge in [0.05, 0.1) is 0 Å². The van der Waals surface area contributed by atoms with Crippen molar-refractivity contribution in [3.8, 4) is 0 Å². The van der Waals surface area contributed by atoms with Crippen LogP contribution in [0.1, 0.15) is 27.7 Å². The summed E-state index contributed by atoms with van der Waals surface area (Å²) < 4.78 is 29.4. The highest BCUT2D eigenvalue weighted by atomic mass is 16.9. The van der Waals surface area contributed by atoms with Gasteiger partial charge in [-0.3, -0.25) is 0 Å². The Morgan fingerprint density at radius 1 is 0.833 bits per heavy atom. The van der Waals surface area contributed by atoms with E-state index in [4.69, 9.17) is 23.7 Å². The lowest BCUT2D eigenvalue weighted by molar-refractivity contribution is -0.404. The molecule has 3 fully saturated rings. The Balaban J connectivity index is 1.86. The van der Waals surface area contributed by atoms with E-state index in [-0.39, 0.29) is 24.4 Å². The van der Waals surface area contributed by atoms with E-state index in [0.717, 1.165) is 0 Å². The molecule has 0 aromatic carbocycles. The van der Waals surface area contributed by atoms with Crippen molar-refractivity contribution in [3.05, 3.63) is 0 Å². The monoisotopic (exact) mass is 260 g/mol. The number of ether oxygens (including phenoxy) is 5. The first-order valence-corrected chi connectivity index (χ1v) is 6.47. The van der Waals surface area contributed by atoms with Crippen molar-refractivity contribution in [2.45, 2.75) is 70.0 Å². The fourth-order valence-corrected chi connectivity index (χ4v) is 2.93. The Morgan fingerprint density at radius 3 is 2.06 bits per heavy atom. The van der Waals surface area contributed by atoms with Crippen LogP contribution >= 0.6 is 0 Å². The van der Waals surface area contributed by atoms with Gasteiger partial charge in [-0.15, -0.1) is 0 Å². The maximum absolute atomic E-state index is 5.96. The van der Waals surface area contributed by atoms with Crippen LogP contribution in [0.25, 0.3) is 0 Å². The summed E-state index contributed by atoms with van der Waals surface area (Å²) >= 11 is 0. The third-order valence-corrected chi connectivity index (χ3v) is 3.54. The van der Waals surface area contributed by atoms with E-state index in [0.29, 0.717) is 6.54 Å². The van der Waals surface area contributed by atoms with E-state index >= 15 is 0 Å². The summed E-state index contributed by atoms with van der Waals surface area (Å²) in [5.41, 5.74) is 3.91. The zero-order chi connectivity index (χ0) is 13.1. The summed E-state index contributed by atoms with van der Waals surface area (Å²) in [5.74, 6) is -1.26. The Bertz CT molecular complexity index is 345. The summed E-state index contributed by atoms with van der Waals surface area (Å²) in [7, 11) is 0. The van der Waals surface area contributed by atoms with Gasteiger partial charge >= 0.3 is 0 Å². The maximum atomic E-state index is 5.96. The molecule has 0 saturated carbocycles. The molecule has 3 aliphatic rings. The van der Waals surface area contributed by atoms with Gasteiger partial charge in [0.25, 0.3) is 0 Å². The van der Waals surface area contributed by atoms with Gasteiger partial charge in [-0.25, -0.2) is 0 Å². The fraction of sp³-hybridized carbons (Fsp3) is 1.00. The number of rotatable bonds is 1. The minimum Gasteiger partial charge on any atom is -0.355 e. The second kappa shape index (κ2) is 3.88. The van der Waals surface area contributed by atoms with Gasteiger partial charge in [0.2, 0.25) is 0 Å². The van der Waals surface area contributed by atoms with E-state index in [2.05, 4.69) is 5.73 Å². The molecule has 0 aliphatic carbocycles. The molecule has 0 radical (unpaired) electrons. The molecule has 3 saturated heterocycles. The smallest absolute Gasteiger partial charge is 0.190 e. The van der Waals surface area contributed by atoms with Crippen LogP contribution in [-0.2, 0) is 23.7 Å². The molecule has 0 aromatic heterocycles. The first-order valence-electron chi connectivity index (χ1n) is 6.47. The standard InChI is InChI=1S/C12H21NO5/c1-11(2)15-7-6(5-13)14-10-9(8(7)16-11)17-12(3,4)18-10/h6-10H,5,13H2,1-4H3/p+1/t6-,7+,8+,9+,10-/m0/s1. The summed E-state index contributed by atoms with van der Waals surface area (Å²) in [6.07, 6.45) is -1.06. The van der Waals surface area contributed by atoms with Crippen LogP contribution in [0.4, 0.5) is 0 Å². The lowest BCUT2D eigenvalue weighted by Crippen LogP contribution is -2.65. The lowest BCUT2D eigenvalue weighted by Gasteiger charge is -2.35. The van der Waals surface area contributed by atoms with Gasteiger partial charge in [-0.05, 0) is 27.7 Å². The number of fused-ring (bicyclic) bond motifs is 3. The van der Waals surface area contributed by atoms with Gasteiger partial charge < -0.3 is 29.4 Å². The highest BCUT2D eigenvalue weighted by Crippen LogP contribution is 2.43. The second-order valence-corrected chi connectivity index (χ2v) is 6.00. The molecule has 5 atom stereocenters. The van der Waals surface area contributed by atoms with E-state index in [1.807, 2.05) is 27.7 Å². The largest absolute Gasteiger partial charge is 0.355 e. The molecule has 0 unspecified atom stereocenters. The van der Waals surface area contributed by atoms with Crippen LogP contribution in [0.5, 0.6) is 0 Å². The van der Waals surface area contributed by atoms with Gasteiger partial charge in [0, 0.05) is 0 Å². The molecule has 3 rings (SSSR count). The van der Waals surface area contributed by atoms with Gasteiger partial charge in [0.1, 0.15) is 31.0 Å². The average Bonchev–Trinajstić information content (AvgIpc) is 2.71. The molecule has 6 heteroatoms. The third-order valence-electron chi connectivity index (χ3n) is 3.54. The fourth-order valence-electron chi connectivity index (χ4n) is 2.93. The Hall–Kier alpha value is -0.240. The SMILES string of the molecule is CC1(C)O[C@@H]2O[C@@H](C[NH3+])[C@H]3OC(C)(C)O[C@H]3[C@H]2O1. The zero-order valence-electron chi connectivity index (χ0n) is 11.3. The van der Waals surface area contributed by atoms with Gasteiger partial charge in [-0.2, -0.15) is 0 Å². The zero-order valence-corrected chi connectivity index (χ0v) is 11.3. The Morgan fingerprint density at radius 2 is 1.39 bits per heavy atom. The first kappa shape index (κ1) is 12.8. The van der Waals surface area contributed by atoms with Crippen molar-refractivity contribution in [3.63, 3.8) is 0 Å². The van der Waals surface area contributed by atoms with E-state index in [1.54, 1.807) is 0 Å². The second-order valence-electron chi connectivity index (χ2n) is 6.00. The highest BCUT2D eigenvalue weighted by molar-refractivity contribution is 4.99. The number of quaternary nitrogens is 1. The van der Waals surface area contributed by atoms with Gasteiger partial charge in [-0.1, -0.05) is 0 Å². The van der Waals surface area contributed by atoms with Crippen molar-refractivity contribution in [1.29, 1.82) is 0 Å². The number of hydrogen-bond donors (Lipinski definition) is 1. The quantitative estimate of drug-likeness (QED) is 0.696. The summed E-state index contributed by atoms with van der Waals surface area (Å²) in [5, 5.41) is 0. The predicted octanol–water partition coefficient (Wildman–Crippen LogP) is -0.375. The normalized spacial score (nSPS) is 48.8. The van der Waals surface area contributed by atoms with Crippen molar-refractivity contribution < 1.29 is 29.4 Å². The molecular weight excluding hydrogens is 238 g/mol. The molecule has 0 spiro atoms. The summed E-state index contributed by atoms with van der Waals surface area (Å²) in [6.45, 7) is 8.18. The molecule has 0 bridgehead atoms. The molecule has 6 nitrogen and oxygen atoms in total. The molecule has 3 heterocycles. The van der Waals surface area contributed by atoms with E-state index in [1.165, 1.54) is 0 Å². The maximum Gasteiger partial charge on any atom is 0.190 e. The summed E-state index contributed by atoms with van der Waals surface area (Å²) in [6, 6.07) is 0. The van der Waals surface area contributed by atoms with Crippen LogP contribution in [0.3, 0.4) is 0 Å². The minimum atomic E-state index is -0.647.